The lowest BCUT2D eigenvalue weighted by Gasteiger charge is -2.00. The summed E-state index contributed by atoms with van der Waals surface area (Å²) < 4.78 is 0. The zero-order valence-corrected chi connectivity index (χ0v) is 13.1. The average Bonchev–Trinajstić information content (AvgIpc) is 2.89. The monoisotopic (exact) mass is 340 g/mol. The van der Waals surface area contributed by atoms with Crippen LogP contribution in [0.5, 0.6) is 5.75 Å². The lowest BCUT2D eigenvalue weighted by Crippen LogP contribution is -2.19. The van der Waals surface area contributed by atoms with Gasteiger partial charge in [0.2, 0.25) is 0 Å². The number of amides is 1. The van der Waals surface area contributed by atoms with E-state index < -0.39 is 5.97 Å². The highest BCUT2D eigenvalue weighted by atomic mass is 32.2. The summed E-state index contributed by atoms with van der Waals surface area (Å²) >= 11 is 1.13. The number of rotatable bonds is 3. The predicted molar refractivity (Wildman–Crippen MR) is 92.3 cm³/mol. The number of nitrogens with one attached hydrogen (secondary N) is 1. The number of carboxylic acids is 1. The Morgan fingerprint density at radius 1 is 1.12 bits per heavy atom. The molecule has 0 bridgehead atoms. The van der Waals surface area contributed by atoms with Gasteiger partial charge in [0, 0.05) is 0 Å². The van der Waals surface area contributed by atoms with Gasteiger partial charge in [-0.15, -0.1) is 0 Å². The normalized spacial score (nSPS) is 17.2. The number of carbonyl (C=O) groups excluding carboxylic acids is 1. The Bertz CT molecular complexity index is 872. The molecule has 0 atom stereocenters. The molecule has 3 rings (SSSR count). The highest BCUT2D eigenvalue weighted by Gasteiger charge is 2.24. The van der Waals surface area contributed by atoms with Crippen molar-refractivity contribution in [3.8, 4) is 5.75 Å². The molecule has 2 aromatic rings. The number of carboxylic acid groups (broad SMARTS) is 1. The van der Waals surface area contributed by atoms with Crippen LogP contribution in [0.1, 0.15) is 15.9 Å². The van der Waals surface area contributed by atoms with Crippen molar-refractivity contribution in [2.45, 2.75) is 0 Å². The molecule has 1 saturated heterocycles. The first-order valence-electron chi connectivity index (χ1n) is 6.94. The van der Waals surface area contributed by atoms with Crippen LogP contribution in [-0.4, -0.2) is 27.3 Å². The fourth-order valence-electron chi connectivity index (χ4n) is 2.06. The van der Waals surface area contributed by atoms with Gasteiger partial charge in [0.15, 0.2) is 5.17 Å². The van der Waals surface area contributed by atoms with Crippen molar-refractivity contribution in [1.29, 1.82) is 0 Å². The second-order valence-corrected chi connectivity index (χ2v) is 5.93. The van der Waals surface area contributed by atoms with Crippen molar-refractivity contribution in [2.24, 2.45) is 4.99 Å². The maximum absolute atomic E-state index is 12.0. The Kier molecular flexibility index (Phi) is 4.35. The molecule has 24 heavy (non-hydrogen) atoms. The van der Waals surface area contributed by atoms with Gasteiger partial charge in [0.05, 0.1) is 16.2 Å². The van der Waals surface area contributed by atoms with Gasteiger partial charge >= 0.3 is 5.97 Å². The van der Waals surface area contributed by atoms with Gasteiger partial charge in [-0.3, -0.25) is 4.79 Å². The number of carbonyl (C=O) groups is 2. The third-order valence-corrected chi connectivity index (χ3v) is 4.11. The Labute approximate surface area is 141 Å². The number of thioether (sulfide) groups is 1. The zero-order valence-electron chi connectivity index (χ0n) is 12.3. The molecule has 1 heterocycles. The van der Waals surface area contributed by atoms with E-state index in [-0.39, 0.29) is 22.9 Å². The van der Waals surface area contributed by atoms with Gasteiger partial charge in [-0.2, -0.15) is 0 Å². The second kappa shape index (κ2) is 6.59. The number of phenols is 1. The number of benzene rings is 2. The molecule has 1 aliphatic heterocycles. The number of hydrogen-bond acceptors (Lipinski definition) is 5. The molecule has 120 valence electrons. The molecule has 0 radical (unpaired) electrons. The molecule has 1 aliphatic rings. The fourth-order valence-corrected chi connectivity index (χ4v) is 2.90. The van der Waals surface area contributed by atoms with Crippen LogP contribution < -0.4 is 5.32 Å². The minimum atomic E-state index is -1.08. The standard InChI is InChI=1S/C17H12N2O4S/c20-11-7-5-10(6-8-11)9-14-15(21)19-17(24-14)18-13-4-2-1-3-12(13)16(22)23/h1-9,20H,(H,22,23)(H,18,19,21)/b14-9-. The Hall–Kier alpha value is -3.06. The number of nitrogens with zero attached hydrogens (tertiary/aromatic N) is 1. The molecule has 0 aromatic heterocycles. The summed E-state index contributed by atoms with van der Waals surface area (Å²) in [5, 5.41) is 21.4. The Morgan fingerprint density at radius 2 is 1.83 bits per heavy atom. The number of aliphatic imine (C=N–C) groups is 1. The van der Waals surface area contributed by atoms with E-state index in [2.05, 4.69) is 10.3 Å². The lowest BCUT2D eigenvalue weighted by atomic mass is 10.2. The summed E-state index contributed by atoms with van der Waals surface area (Å²) in [6.07, 6.45) is 1.67. The van der Waals surface area contributed by atoms with Crippen LogP contribution in [0, 0.1) is 0 Å². The Balaban J connectivity index is 1.87. The molecular weight excluding hydrogens is 328 g/mol. The van der Waals surface area contributed by atoms with Gasteiger partial charge < -0.3 is 15.5 Å². The first-order chi connectivity index (χ1) is 11.5. The van der Waals surface area contributed by atoms with Crippen molar-refractivity contribution >= 4 is 40.6 Å². The van der Waals surface area contributed by atoms with Crippen molar-refractivity contribution < 1.29 is 19.8 Å². The number of aromatic carboxylic acids is 1. The molecule has 0 aliphatic carbocycles. The third kappa shape index (κ3) is 3.47. The highest BCUT2D eigenvalue weighted by Crippen LogP contribution is 2.29. The summed E-state index contributed by atoms with van der Waals surface area (Å²) in [6.45, 7) is 0. The van der Waals surface area contributed by atoms with Crippen LogP contribution in [0.15, 0.2) is 58.4 Å². The number of phenolic OH excluding ortho intramolecular Hbond substituents is 1. The van der Waals surface area contributed by atoms with Crippen molar-refractivity contribution in [1.82, 2.24) is 5.32 Å². The first kappa shape index (κ1) is 15.8. The number of para-hydroxylation sites is 1. The summed E-state index contributed by atoms with van der Waals surface area (Å²) in [6, 6.07) is 12.8. The summed E-state index contributed by atoms with van der Waals surface area (Å²) in [5.74, 6) is -1.24. The smallest absolute Gasteiger partial charge is 0.337 e. The molecular formula is C17H12N2O4S. The average molecular weight is 340 g/mol. The van der Waals surface area contributed by atoms with Crippen molar-refractivity contribution in [3.63, 3.8) is 0 Å². The van der Waals surface area contributed by atoms with Gasteiger partial charge in [-0.05, 0) is 47.7 Å². The fraction of sp³-hybridized carbons (Fsp3) is 0. The molecule has 0 unspecified atom stereocenters. The Morgan fingerprint density at radius 3 is 2.54 bits per heavy atom. The van der Waals surface area contributed by atoms with Gasteiger partial charge in [-0.25, -0.2) is 9.79 Å². The van der Waals surface area contributed by atoms with Gasteiger partial charge in [0.1, 0.15) is 5.75 Å². The van der Waals surface area contributed by atoms with Crippen molar-refractivity contribution in [2.75, 3.05) is 0 Å². The van der Waals surface area contributed by atoms with E-state index in [9.17, 15) is 14.7 Å². The molecule has 3 N–H and O–H groups in total. The molecule has 7 heteroatoms. The molecule has 0 saturated carbocycles. The van der Waals surface area contributed by atoms with E-state index in [1.165, 1.54) is 18.2 Å². The first-order valence-corrected chi connectivity index (χ1v) is 7.75. The highest BCUT2D eigenvalue weighted by molar-refractivity contribution is 8.18. The minimum absolute atomic E-state index is 0.0656. The van der Waals surface area contributed by atoms with E-state index in [1.807, 2.05) is 0 Å². The second-order valence-electron chi connectivity index (χ2n) is 4.90. The number of hydrogen-bond donors (Lipinski definition) is 3. The molecule has 1 amide bonds. The topological polar surface area (TPSA) is 99.0 Å². The SMILES string of the molecule is O=C1NC(=Nc2ccccc2C(=O)O)S/C1=C\c1ccc(O)cc1. The van der Waals surface area contributed by atoms with Crippen LogP contribution in [0.3, 0.4) is 0 Å². The number of amidine groups is 1. The number of aromatic hydroxyl groups is 1. The van der Waals surface area contributed by atoms with E-state index in [1.54, 1.807) is 36.4 Å². The molecule has 6 nitrogen and oxygen atoms in total. The van der Waals surface area contributed by atoms with Crippen LogP contribution in [-0.2, 0) is 4.79 Å². The summed E-state index contributed by atoms with van der Waals surface area (Å²) in [7, 11) is 0. The maximum Gasteiger partial charge on any atom is 0.337 e. The van der Waals surface area contributed by atoms with Gasteiger partial charge in [0.25, 0.3) is 5.91 Å². The quantitative estimate of drug-likeness (QED) is 0.746. The largest absolute Gasteiger partial charge is 0.508 e. The van der Waals surface area contributed by atoms with E-state index in [0.717, 1.165) is 17.3 Å². The lowest BCUT2D eigenvalue weighted by molar-refractivity contribution is -0.115. The summed E-state index contributed by atoms with van der Waals surface area (Å²) in [4.78, 5) is 27.9. The molecule has 0 spiro atoms. The predicted octanol–water partition coefficient (Wildman–Crippen LogP) is 2.98. The van der Waals surface area contributed by atoms with E-state index in [0.29, 0.717) is 10.1 Å². The van der Waals surface area contributed by atoms with Crippen LogP contribution in [0.25, 0.3) is 6.08 Å². The van der Waals surface area contributed by atoms with E-state index in [4.69, 9.17) is 5.11 Å². The van der Waals surface area contributed by atoms with Crippen molar-refractivity contribution in [3.05, 3.63) is 64.6 Å². The summed E-state index contributed by atoms with van der Waals surface area (Å²) in [5.41, 5.74) is 1.10. The van der Waals surface area contributed by atoms with E-state index >= 15 is 0 Å². The minimum Gasteiger partial charge on any atom is -0.508 e. The maximum atomic E-state index is 12.0. The van der Waals surface area contributed by atoms with Crippen LogP contribution >= 0.6 is 11.8 Å². The third-order valence-electron chi connectivity index (χ3n) is 3.20. The molecule has 2 aromatic carbocycles. The zero-order chi connectivity index (χ0) is 17.1. The van der Waals surface area contributed by atoms with Gasteiger partial charge in [-0.1, -0.05) is 24.3 Å². The van der Waals surface area contributed by atoms with Crippen LogP contribution in [0.4, 0.5) is 5.69 Å². The van der Waals surface area contributed by atoms with Crippen LogP contribution in [0.2, 0.25) is 0 Å². The molecule has 1 fully saturated rings.